The van der Waals surface area contributed by atoms with Crippen LogP contribution < -0.4 is 14.4 Å². The average Bonchev–Trinajstić information content (AvgIpc) is 2.88. The molecule has 0 saturated carbocycles. The van der Waals surface area contributed by atoms with Gasteiger partial charge in [-0.2, -0.15) is 9.29 Å². The van der Waals surface area contributed by atoms with Gasteiger partial charge < -0.3 is 14.4 Å². The lowest BCUT2D eigenvalue weighted by Gasteiger charge is -2.37. The van der Waals surface area contributed by atoms with E-state index in [4.69, 9.17) is 9.47 Å². The number of anilines is 1. The molecule has 174 valence electrons. The molecule has 1 aromatic carbocycles. The number of sulfonamides is 1. The molecule has 3 aromatic rings. The zero-order chi connectivity index (χ0) is 23.3. The van der Waals surface area contributed by atoms with Crippen LogP contribution in [0, 0.1) is 0 Å². The van der Waals surface area contributed by atoms with E-state index in [9.17, 15) is 8.42 Å². The summed E-state index contributed by atoms with van der Waals surface area (Å²) in [6, 6.07) is 11.8. The van der Waals surface area contributed by atoms with Crippen LogP contribution in [0.5, 0.6) is 11.6 Å². The van der Waals surface area contributed by atoms with E-state index in [0.29, 0.717) is 43.5 Å². The van der Waals surface area contributed by atoms with Gasteiger partial charge in [-0.05, 0) is 36.6 Å². The lowest BCUT2D eigenvalue weighted by atomic mass is 10.0. The first-order chi connectivity index (χ1) is 16.0. The molecule has 0 unspecified atom stereocenters. The van der Waals surface area contributed by atoms with Gasteiger partial charge in [-0.3, -0.25) is 4.98 Å². The molecule has 0 atom stereocenters. The van der Waals surface area contributed by atoms with Gasteiger partial charge in [0, 0.05) is 56.4 Å². The number of piperidine rings is 1. The molecule has 0 N–H and O–H groups in total. The van der Waals surface area contributed by atoms with Gasteiger partial charge in [0.15, 0.2) is 0 Å². The summed E-state index contributed by atoms with van der Waals surface area (Å²) in [5, 5.41) is 0. The Hall–Kier alpha value is -3.24. The summed E-state index contributed by atoms with van der Waals surface area (Å²) in [4.78, 5) is 15.2. The third-order valence-electron chi connectivity index (χ3n) is 5.69. The highest BCUT2D eigenvalue weighted by Crippen LogP contribution is 2.29. The van der Waals surface area contributed by atoms with E-state index in [1.807, 2.05) is 12.1 Å². The molecule has 2 aromatic heterocycles. The monoisotopic (exact) mass is 469 g/mol. The SMILES string of the molecule is COc1cccc(S(=O)(=O)N(Cc2cccnc2)C2CCN(c3nccc(OC)n3)CC2)c1. The van der Waals surface area contributed by atoms with Crippen molar-refractivity contribution < 1.29 is 17.9 Å². The number of aromatic nitrogens is 3. The van der Waals surface area contributed by atoms with Crippen molar-refractivity contribution in [1.29, 1.82) is 0 Å². The van der Waals surface area contributed by atoms with Gasteiger partial charge in [-0.25, -0.2) is 13.4 Å². The first-order valence-electron chi connectivity index (χ1n) is 10.7. The standard InChI is InChI=1S/C23H27N5O4S/c1-31-20-6-3-7-21(15-20)33(29,30)28(17-18-5-4-11-24-16-18)19-9-13-27(14-10-19)23-25-12-8-22(26-23)32-2/h3-8,11-12,15-16,19H,9-10,13-14,17H2,1-2H3. The van der Waals surface area contributed by atoms with Gasteiger partial charge in [0.05, 0.1) is 19.1 Å². The third-order valence-corrected chi connectivity index (χ3v) is 7.58. The smallest absolute Gasteiger partial charge is 0.243 e. The number of hydrogen-bond donors (Lipinski definition) is 0. The Morgan fingerprint density at radius 2 is 1.88 bits per heavy atom. The summed E-state index contributed by atoms with van der Waals surface area (Å²) < 4.78 is 39.5. The number of ether oxygens (including phenoxy) is 2. The fraction of sp³-hybridized carbons (Fsp3) is 0.348. The molecule has 33 heavy (non-hydrogen) atoms. The number of hydrogen-bond acceptors (Lipinski definition) is 8. The molecular formula is C23H27N5O4S. The zero-order valence-corrected chi connectivity index (χ0v) is 19.5. The highest BCUT2D eigenvalue weighted by atomic mass is 32.2. The molecule has 0 bridgehead atoms. The second-order valence-corrected chi connectivity index (χ2v) is 9.60. The summed E-state index contributed by atoms with van der Waals surface area (Å²) in [5.74, 6) is 1.59. The predicted molar refractivity (Wildman–Crippen MR) is 124 cm³/mol. The third kappa shape index (κ3) is 5.23. The molecule has 4 rings (SSSR count). The molecule has 1 fully saturated rings. The molecule has 3 heterocycles. The van der Waals surface area contributed by atoms with Gasteiger partial charge >= 0.3 is 0 Å². The summed E-state index contributed by atoms with van der Waals surface area (Å²) in [6.45, 7) is 1.51. The van der Waals surface area contributed by atoms with Crippen LogP contribution in [0.25, 0.3) is 0 Å². The van der Waals surface area contributed by atoms with E-state index in [-0.39, 0.29) is 17.5 Å². The maximum Gasteiger partial charge on any atom is 0.243 e. The summed E-state index contributed by atoms with van der Waals surface area (Å²) in [6.07, 6.45) is 6.33. The molecule has 0 radical (unpaired) electrons. The molecule has 1 saturated heterocycles. The van der Waals surface area contributed by atoms with Crippen molar-refractivity contribution in [3.8, 4) is 11.6 Å². The summed E-state index contributed by atoms with van der Waals surface area (Å²) >= 11 is 0. The van der Waals surface area contributed by atoms with Crippen LogP contribution in [-0.4, -0.2) is 61.0 Å². The van der Waals surface area contributed by atoms with Crippen LogP contribution in [-0.2, 0) is 16.6 Å². The lowest BCUT2D eigenvalue weighted by molar-refractivity contribution is 0.267. The van der Waals surface area contributed by atoms with Gasteiger partial charge in [-0.15, -0.1) is 0 Å². The predicted octanol–water partition coefficient (Wildman–Crippen LogP) is 2.75. The first kappa shape index (κ1) is 22.9. The molecule has 0 amide bonds. The van der Waals surface area contributed by atoms with Gasteiger partial charge in [-0.1, -0.05) is 12.1 Å². The van der Waals surface area contributed by atoms with E-state index in [2.05, 4.69) is 19.9 Å². The van der Waals surface area contributed by atoms with E-state index in [1.54, 1.807) is 60.3 Å². The quantitative estimate of drug-likeness (QED) is 0.497. The Morgan fingerprint density at radius 3 is 2.58 bits per heavy atom. The van der Waals surface area contributed by atoms with Crippen molar-refractivity contribution in [3.63, 3.8) is 0 Å². The van der Waals surface area contributed by atoms with Crippen molar-refractivity contribution in [3.05, 3.63) is 66.6 Å². The van der Waals surface area contributed by atoms with Crippen LogP contribution in [0.15, 0.2) is 66.0 Å². The Labute approximate surface area is 194 Å². The number of rotatable bonds is 8. The Morgan fingerprint density at radius 1 is 1.06 bits per heavy atom. The van der Waals surface area contributed by atoms with Gasteiger partial charge in [0.2, 0.25) is 21.9 Å². The number of methoxy groups -OCH3 is 2. The van der Waals surface area contributed by atoms with Gasteiger partial charge in [0.1, 0.15) is 5.75 Å². The second kappa shape index (κ2) is 10.1. The highest BCUT2D eigenvalue weighted by Gasteiger charge is 2.34. The highest BCUT2D eigenvalue weighted by molar-refractivity contribution is 7.89. The fourth-order valence-corrected chi connectivity index (χ4v) is 5.64. The van der Waals surface area contributed by atoms with Crippen LogP contribution in [0.2, 0.25) is 0 Å². The molecule has 10 heteroatoms. The molecule has 1 aliphatic heterocycles. The number of nitrogens with zero attached hydrogens (tertiary/aromatic N) is 5. The summed E-state index contributed by atoms with van der Waals surface area (Å²) in [7, 11) is -0.678. The minimum Gasteiger partial charge on any atom is -0.497 e. The molecule has 9 nitrogen and oxygen atoms in total. The van der Waals surface area contributed by atoms with Crippen molar-refractivity contribution in [2.75, 3.05) is 32.2 Å². The molecule has 1 aliphatic rings. The molecule has 0 aliphatic carbocycles. The minimum absolute atomic E-state index is 0.178. The van der Waals surface area contributed by atoms with E-state index < -0.39 is 10.0 Å². The average molecular weight is 470 g/mol. The van der Waals surface area contributed by atoms with E-state index in [0.717, 1.165) is 5.56 Å². The van der Waals surface area contributed by atoms with E-state index in [1.165, 1.54) is 7.11 Å². The van der Waals surface area contributed by atoms with Crippen LogP contribution in [0.1, 0.15) is 18.4 Å². The van der Waals surface area contributed by atoms with Gasteiger partial charge in [0.25, 0.3) is 0 Å². The lowest BCUT2D eigenvalue weighted by Crippen LogP contribution is -2.47. The van der Waals surface area contributed by atoms with E-state index >= 15 is 0 Å². The van der Waals surface area contributed by atoms with Crippen LogP contribution >= 0.6 is 0 Å². The van der Waals surface area contributed by atoms with Crippen LogP contribution in [0.3, 0.4) is 0 Å². The van der Waals surface area contributed by atoms with Crippen molar-refractivity contribution in [1.82, 2.24) is 19.3 Å². The van der Waals surface area contributed by atoms with Crippen molar-refractivity contribution in [2.24, 2.45) is 0 Å². The molecular weight excluding hydrogens is 442 g/mol. The largest absolute Gasteiger partial charge is 0.497 e. The Bertz CT molecular complexity index is 1170. The van der Waals surface area contributed by atoms with Crippen molar-refractivity contribution >= 4 is 16.0 Å². The maximum absolute atomic E-state index is 13.7. The Balaban J connectivity index is 1.59. The summed E-state index contributed by atoms with van der Waals surface area (Å²) in [5.41, 5.74) is 0.836. The number of pyridine rings is 1. The maximum atomic E-state index is 13.7. The van der Waals surface area contributed by atoms with Crippen molar-refractivity contribution in [2.45, 2.75) is 30.3 Å². The normalized spacial score (nSPS) is 14.9. The Kier molecular flexibility index (Phi) is 7.05. The van der Waals surface area contributed by atoms with Crippen LogP contribution in [0.4, 0.5) is 5.95 Å². The first-order valence-corrected chi connectivity index (χ1v) is 12.1. The zero-order valence-electron chi connectivity index (χ0n) is 18.7. The molecule has 0 spiro atoms. The minimum atomic E-state index is -3.77. The fourth-order valence-electron chi connectivity index (χ4n) is 3.93. The topological polar surface area (TPSA) is 97.8 Å². The number of benzene rings is 1. The second-order valence-electron chi connectivity index (χ2n) is 7.71.